The number of nitrogens with two attached hydrogens (primary N) is 2. The number of carbonyl (C=O) groups excluding carboxylic acids is 1. The van der Waals surface area contributed by atoms with Crippen LogP contribution < -0.4 is 11.5 Å². The molecule has 7 heteroatoms. The fourth-order valence-corrected chi connectivity index (χ4v) is 5.63. The average molecular weight is 395 g/mol. The van der Waals surface area contributed by atoms with Crippen LogP contribution in [0.4, 0.5) is 0 Å². The molecule has 1 saturated carbocycles. The van der Waals surface area contributed by atoms with Crippen LogP contribution in [0.2, 0.25) is 5.02 Å². The minimum absolute atomic E-state index is 0.103. The Balaban J connectivity index is 2.09. The highest BCUT2D eigenvalue weighted by Gasteiger charge is 2.30. The summed E-state index contributed by atoms with van der Waals surface area (Å²) in [5.41, 5.74) is 14.7. The van der Waals surface area contributed by atoms with Crippen molar-refractivity contribution in [2.75, 3.05) is 6.54 Å². The van der Waals surface area contributed by atoms with Gasteiger partial charge in [-0.1, -0.05) is 43.7 Å². The van der Waals surface area contributed by atoms with E-state index in [2.05, 4.69) is 5.10 Å². The second-order valence-corrected chi connectivity index (χ2v) is 8.91. The maximum Gasteiger partial charge on any atom is 0.259 e. The van der Waals surface area contributed by atoms with Gasteiger partial charge in [-0.15, -0.1) is 11.3 Å². The summed E-state index contributed by atoms with van der Waals surface area (Å²) in [7, 11) is 1.87. The summed E-state index contributed by atoms with van der Waals surface area (Å²) < 4.78 is 1.76. The summed E-state index contributed by atoms with van der Waals surface area (Å²) in [6.45, 7) is 2.50. The van der Waals surface area contributed by atoms with Gasteiger partial charge in [-0.05, 0) is 37.3 Å². The zero-order chi connectivity index (χ0) is 18.8. The van der Waals surface area contributed by atoms with E-state index < -0.39 is 0 Å². The summed E-state index contributed by atoms with van der Waals surface area (Å²) in [5.74, 6) is 0.374. The average Bonchev–Trinajstić information content (AvgIpc) is 3.13. The van der Waals surface area contributed by atoms with Crippen LogP contribution in [-0.4, -0.2) is 22.2 Å². The maximum atomic E-state index is 12.2. The lowest BCUT2D eigenvalue weighted by Crippen LogP contribution is -2.22. The quantitative estimate of drug-likeness (QED) is 0.768. The largest absolute Gasteiger partial charge is 0.365 e. The van der Waals surface area contributed by atoms with Gasteiger partial charge >= 0.3 is 0 Å². The van der Waals surface area contributed by atoms with Crippen molar-refractivity contribution in [3.8, 4) is 11.3 Å². The van der Waals surface area contributed by atoms with Crippen LogP contribution in [0, 0.1) is 12.8 Å². The molecule has 1 aliphatic carbocycles. The van der Waals surface area contributed by atoms with Gasteiger partial charge in [0.05, 0.1) is 21.8 Å². The monoisotopic (exact) mass is 394 g/mol. The van der Waals surface area contributed by atoms with Gasteiger partial charge in [0.15, 0.2) is 0 Å². The molecule has 0 aliphatic heterocycles. The van der Waals surface area contributed by atoms with Gasteiger partial charge in [0, 0.05) is 17.5 Å². The molecule has 2 aromatic rings. The van der Waals surface area contributed by atoms with E-state index in [-0.39, 0.29) is 11.8 Å². The summed E-state index contributed by atoms with van der Waals surface area (Å²) in [5, 5.41) is 4.85. The fourth-order valence-electron chi connectivity index (χ4n) is 4.28. The lowest BCUT2D eigenvalue weighted by molar-refractivity contribution is 0.100. The standard InChI is InChI=1S/C19H27ClN4OS/c1-11-15(17-14(20)10-23-24(17)2)16(18(26-11)19(22)25)13(9-21)8-12-6-4-3-5-7-12/h10,12-13H,3-9,21H2,1-2H3,(H2,22,25)/t13-/m1/s1. The number of halogens is 1. The van der Waals surface area contributed by atoms with Crippen LogP contribution in [0.1, 0.15) is 64.6 Å². The minimum Gasteiger partial charge on any atom is -0.365 e. The van der Waals surface area contributed by atoms with E-state index in [0.717, 1.165) is 28.1 Å². The molecule has 5 nitrogen and oxygen atoms in total. The first-order chi connectivity index (χ1) is 12.4. The normalized spacial score (nSPS) is 16.8. The summed E-state index contributed by atoms with van der Waals surface area (Å²) in [6, 6.07) is 0. The highest BCUT2D eigenvalue weighted by molar-refractivity contribution is 7.14. The Hall–Kier alpha value is -1.37. The van der Waals surface area contributed by atoms with Crippen LogP contribution in [0.25, 0.3) is 11.3 Å². The molecule has 0 radical (unpaired) electrons. The molecule has 1 amide bonds. The fraction of sp³-hybridized carbons (Fsp3) is 0.579. The highest BCUT2D eigenvalue weighted by Crippen LogP contribution is 2.45. The number of rotatable bonds is 6. The number of amides is 1. The van der Waals surface area contributed by atoms with Crippen molar-refractivity contribution in [2.24, 2.45) is 24.4 Å². The molecule has 4 N–H and O–H groups in total. The number of carbonyl (C=O) groups is 1. The van der Waals surface area contributed by atoms with Crippen molar-refractivity contribution in [1.82, 2.24) is 9.78 Å². The van der Waals surface area contributed by atoms with E-state index in [1.165, 1.54) is 43.4 Å². The van der Waals surface area contributed by atoms with Gasteiger partial charge < -0.3 is 11.5 Å². The number of nitrogens with zero attached hydrogens (tertiary/aromatic N) is 2. The van der Waals surface area contributed by atoms with Gasteiger partial charge in [0.2, 0.25) is 0 Å². The zero-order valence-electron chi connectivity index (χ0n) is 15.4. The first-order valence-corrected chi connectivity index (χ1v) is 10.4. The Morgan fingerprint density at radius 2 is 2.12 bits per heavy atom. The first kappa shape index (κ1) is 19.4. The Morgan fingerprint density at radius 3 is 2.65 bits per heavy atom. The molecule has 0 saturated heterocycles. The van der Waals surface area contributed by atoms with Crippen molar-refractivity contribution in [2.45, 2.75) is 51.4 Å². The topological polar surface area (TPSA) is 86.9 Å². The van der Waals surface area contributed by atoms with Gasteiger partial charge in [0.25, 0.3) is 5.91 Å². The van der Waals surface area contributed by atoms with Crippen LogP contribution in [0.15, 0.2) is 6.20 Å². The number of primary amides is 1. The van der Waals surface area contributed by atoms with Crippen LogP contribution in [-0.2, 0) is 7.05 Å². The molecule has 1 aliphatic rings. The highest BCUT2D eigenvalue weighted by atomic mass is 35.5. The lowest BCUT2D eigenvalue weighted by atomic mass is 9.79. The Morgan fingerprint density at radius 1 is 1.42 bits per heavy atom. The van der Waals surface area contributed by atoms with E-state index in [9.17, 15) is 4.79 Å². The predicted octanol–water partition coefficient (Wildman–Crippen LogP) is 4.22. The number of hydrogen-bond acceptors (Lipinski definition) is 4. The summed E-state index contributed by atoms with van der Waals surface area (Å²) in [4.78, 5) is 13.8. The second-order valence-electron chi connectivity index (χ2n) is 7.28. The molecule has 1 fully saturated rings. The third-order valence-electron chi connectivity index (χ3n) is 5.51. The van der Waals surface area contributed by atoms with Crippen molar-refractivity contribution >= 4 is 28.8 Å². The molecule has 0 bridgehead atoms. The summed E-state index contributed by atoms with van der Waals surface area (Å²) >= 11 is 7.87. The first-order valence-electron chi connectivity index (χ1n) is 9.25. The van der Waals surface area contributed by atoms with E-state index in [4.69, 9.17) is 23.1 Å². The van der Waals surface area contributed by atoms with E-state index in [1.54, 1.807) is 10.9 Å². The smallest absolute Gasteiger partial charge is 0.259 e. The molecule has 2 heterocycles. The van der Waals surface area contributed by atoms with Crippen LogP contribution in [0.3, 0.4) is 0 Å². The molecule has 2 aromatic heterocycles. The number of hydrogen-bond donors (Lipinski definition) is 2. The van der Waals surface area contributed by atoms with Gasteiger partial charge in [-0.25, -0.2) is 0 Å². The van der Waals surface area contributed by atoms with Crippen molar-refractivity contribution in [3.05, 3.63) is 26.5 Å². The molecule has 0 unspecified atom stereocenters. The van der Waals surface area contributed by atoms with Crippen molar-refractivity contribution in [1.29, 1.82) is 0 Å². The third-order valence-corrected chi connectivity index (χ3v) is 6.92. The molecule has 3 rings (SSSR count). The van der Waals surface area contributed by atoms with Crippen LogP contribution >= 0.6 is 22.9 Å². The molecule has 0 aromatic carbocycles. The molecule has 0 spiro atoms. The molecular formula is C19H27ClN4OS. The Labute approximate surface area is 163 Å². The second kappa shape index (κ2) is 8.11. The molecule has 26 heavy (non-hydrogen) atoms. The van der Waals surface area contributed by atoms with E-state index in [0.29, 0.717) is 22.4 Å². The molecular weight excluding hydrogens is 368 g/mol. The number of thiophene rings is 1. The van der Waals surface area contributed by atoms with Gasteiger partial charge in [-0.3, -0.25) is 9.48 Å². The molecule has 1 atom stereocenters. The van der Waals surface area contributed by atoms with Crippen LogP contribution in [0.5, 0.6) is 0 Å². The predicted molar refractivity (Wildman–Crippen MR) is 108 cm³/mol. The number of aryl methyl sites for hydroxylation is 2. The Kier molecular flexibility index (Phi) is 6.05. The van der Waals surface area contributed by atoms with Gasteiger partial charge in [-0.2, -0.15) is 5.10 Å². The maximum absolute atomic E-state index is 12.2. The Bertz CT molecular complexity index is 772. The number of aromatic nitrogens is 2. The van der Waals surface area contributed by atoms with Crippen molar-refractivity contribution < 1.29 is 4.79 Å². The van der Waals surface area contributed by atoms with E-state index >= 15 is 0 Å². The van der Waals surface area contributed by atoms with Crippen molar-refractivity contribution in [3.63, 3.8) is 0 Å². The third kappa shape index (κ3) is 3.68. The summed E-state index contributed by atoms with van der Waals surface area (Å²) in [6.07, 6.45) is 9.02. The zero-order valence-corrected chi connectivity index (χ0v) is 17.0. The SMILES string of the molecule is Cc1sc(C(N)=O)c([C@@H](CN)CC2CCCCC2)c1-c1c(Cl)cnn1C. The van der Waals surface area contributed by atoms with Gasteiger partial charge in [0.1, 0.15) is 0 Å². The molecule has 142 valence electrons. The van der Waals surface area contributed by atoms with E-state index in [1.807, 2.05) is 14.0 Å². The minimum atomic E-state index is -0.389. The lowest BCUT2D eigenvalue weighted by Gasteiger charge is -2.27.